The van der Waals surface area contributed by atoms with Gasteiger partial charge in [0.15, 0.2) is 0 Å². The molecule has 0 amide bonds. The van der Waals surface area contributed by atoms with Crippen molar-refractivity contribution in [2.45, 2.75) is 19.9 Å². The molecular weight excluding hydrogens is 198 g/mol. The Balaban J connectivity index is 2.50. The summed E-state index contributed by atoms with van der Waals surface area (Å²) in [6.07, 6.45) is 0. The van der Waals surface area contributed by atoms with Crippen LogP contribution in [0.25, 0.3) is 10.9 Å². The molecule has 0 aliphatic carbocycles. The fraction of sp³-hybridized carbons (Fsp3) is 0.308. The van der Waals surface area contributed by atoms with Gasteiger partial charge >= 0.3 is 0 Å². The molecule has 16 heavy (non-hydrogen) atoms. The van der Waals surface area contributed by atoms with Crippen LogP contribution in [0.5, 0.6) is 0 Å². The molecule has 2 aromatic rings. The number of anilines is 1. The predicted molar refractivity (Wildman–Crippen MR) is 68.6 cm³/mol. The lowest BCUT2D eigenvalue weighted by Crippen LogP contribution is -2.25. The van der Waals surface area contributed by atoms with Crippen LogP contribution in [0.4, 0.5) is 5.69 Å². The summed E-state index contributed by atoms with van der Waals surface area (Å²) in [6, 6.07) is 10.5. The van der Waals surface area contributed by atoms with E-state index in [1.54, 1.807) is 0 Å². The summed E-state index contributed by atoms with van der Waals surface area (Å²) in [4.78, 5) is 4.50. The fourth-order valence-corrected chi connectivity index (χ4v) is 1.75. The van der Waals surface area contributed by atoms with Crippen LogP contribution in [0.15, 0.2) is 30.3 Å². The molecule has 0 saturated carbocycles. The zero-order valence-electron chi connectivity index (χ0n) is 9.70. The van der Waals surface area contributed by atoms with E-state index in [1.165, 1.54) is 0 Å². The molecule has 84 valence electrons. The Labute approximate surface area is 95.7 Å². The standard InChI is InChI=1S/C13H17N3/c1-9-7-13(16-10(2)8-14)11-5-3-4-6-12(11)15-9/h3-7,10H,8,14H2,1-2H3,(H,15,16). The molecule has 1 aromatic heterocycles. The van der Waals surface area contributed by atoms with Gasteiger partial charge in [-0.3, -0.25) is 4.98 Å². The van der Waals surface area contributed by atoms with Crippen LogP contribution in [0.3, 0.4) is 0 Å². The minimum absolute atomic E-state index is 0.269. The molecule has 1 heterocycles. The van der Waals surface area contributed by atoms with Gasteiger partial charge in [-0.2, -0.15) is 0 Å². The molecule has 1 aromatic carbocycles. The van der Waals surface area contributed by atoms with Crippen LogP contribution < -0.4 is 11.1 Å². The van der Waals surface area contributed by atoms with Gasteiger partial charge in [-0.25, -0.2) is 0 Å². The number of hydrogen-bond donors (Lipinski definition) is 2. The highest BCUT2D eigenvalue weighted by Crippen LogP contribution is 2.23. The number of aromatic nitrogens is 1. The van der Waals surface area contributed by atoms with Crippen molar-refractivity contribution in [3.8, 4) is 0 Å². The smallest absolute Gasteiger partial charge is 0.0725 e. The normalized spacial score (nSPS) is 12.7. The maximum atomic E-state index is 5.62. The first-order chi connectivity index (χ1) is 7.70. The highest BCUT2D eigenvalue weighted by molar-refractivity contribution is 5.91. The third-order valence-electron chi connectivity index (χ3n) is 2.60. The van der Waals surface area contributed by atoms with E-state index in [0.717, 1.165) is 22.3 Å². The highest BCUT2D eigenvalue weighted by Gasteiger charge is 2.05. The number of aryl methyl sites for hydroxylation is 1. The van der Waals surface area contributed by atoms with E-state index < -0.39 is 0 Å². The van der Waals surface area contributed by atoms with E-state index >= 15 is 0 Å². The Hall–Kier alpha value is -1.61. The van der Waals surface area contributed by atoms with Gasteiger partial charge in [0.25, 0.3) is 0 Å². The van der Waals surface area contributed by atoms with Gasteiger partial charge in [-0.05, 0) is 26.0 Å². The third-order valence-corrected chi connectivity index (χ3v) is 2.60. The molecule has 1 atom stereocenters. The topological polar surface area (TPSA) is 50.9 Å². The lowest BCUT2D eigenvalue weighted by molar-refractivity contribution is 0.805. The number of rotatable bonds is 3. The summed E-state index contributed by atoms with van der Waals surface area (Å²) in [5.74, 6) is 0. The number of pyridine rings is 1. The number of nitrogens with one attached hydrogen (secondary N) is 1. The second kappa shape index (κ2) is 4.49. The van der Waals surface area contributed by atoms with E-state index in [9.17, 15) is 0 Å². The van der Waals surface area contributed by atoms with Crippen LogP contribution in [0, 0.1) is 6.92 Å². The Bertz CT molecular complexity index is 494. The molecule has 0 saturated heterocycles. The zero-order chi connectivity index (χ0) is 11.5. The van der Waals surface area contributed by atoms with Crippen LogP contribution >= 0.6 is 0 Å². The van der Waals surface area contributed by atoms with Crippen LogP contribution in [0.2, 0.25) is 0 Å². The molecule has 3 heteroatoms. The molecule has 0 aliphatic heterocycles. The first-order valence-electron chi connectivity index (χ1n) is 5.53. The Morgan fingerprint density at radius 1 is 1.38 bits per heavy atom. The van der Waals surface area contributed by atoms with Crippen molar-refractivity contribution in [1.29, 1.82) is 0 Å². The second-order valence-corrected chi connectivity index (χ2v) is 4.11. The monoisotopic (exact) mass is 215 g/mol. The minimum Gasteiger partial charge on any atom is -0.381 e. The van der Waals surface area contributed by atoms with E-state index in [-0.39, 0.29) is 6.04 Å². The average molecular weight is 215 g/mol. The van der Waals surface area contributed by atoms with Crippen LogP contribution in [-0.4, -0.2) is 17.6 Å². The van der Waals surface area contributed by atoms with Crippen molar-refractivity contribution in [3.63, 3.8) is 0 Å². The average Bonchev–Trinajstić information content (AvgIpc) is 2.28. The van der Waals surface area contributed by atoms with E-state index in [4.69, 9.17) is 5.73 Å². The maximum Gasteiger partial charge on any atom is 0.0725 e. The molecular formula is C13H17N3. The predicted octanol–water partition coefficient (Wildman–Crippen LogP) is 2.30. The number of para-hydroxylation sites is 1. The van der Waals surface area contributed by atoms with Crippen molar-refractivity contribution < 1.29 is 0 Å². The summed E-state index contributed by atoms with van der Waals surface area (Å²) in [7, 11) is 0. The molecule has 0 bridgehead atoms. The quantitative estimate of drug-likeness (QED) is 0.826. The largest absolute Gasteiger partial charge is 0.381 e. The van der Waals surface area contributed by atoms with Crippen molar-refractivity contribution in [2.24, 2.45) is 5.73 Å². The first-order valence-corrected chi connectivity index (χ1v) is 5.53. The molecule has 0 fully saturated rings. The summed E-state index contributed by atoms with van der Waals surface area (Å²) in [6.45, 7) is 4.70. The number of nitrogens with two attached hydrogens (primary N) is 1. The lowest BCUT2D eigenvalue weighted by Gasteiger charge is -2.15. The summed E-state index contributed by atoms with van der Waals surface area (Å²) in [5.41, 5.74) is 8.78. The van der Waals surface area contributed by atoms with Gasteiger partial charge in [0.2, 0.25) is 0 Å². The summed E-state index contributed by atoms with van der Waals surface area (Å²) < 4.78 is 0. The molecule has 2 rings (SSSR count). The molecule has 0 radical (unpaired) electrons. The highest BCUT2D eigenvalue weighted by atomic mass is 14.9. The van der Waals surface area contributed by atoms with E-state index in [2.05, 4.69) is 29.4 Å². The summed E-state index contributed by atoms with van der Waals surface area (Å²) >= 11 is 0. The van der Waals surface area contributed by atoms with Crippen LogP contribution in [-0.2, 0) is 0 Å². The Kier molecular flexibility index (Phi) is 3.06. The SMILES string of the molecule is Cc1cc(NC(C)CN)c2ccccc2n1. The minimum atomic E-state index is 0.269. The molecule has 0 spiro atoms. The second-order valence-electron chi connectivity index (χ2n) is 4.11. The Morgan fingerprint density at radius 3 is 2.88 bits per heavy atom. The lowest BCUT2D eigenvalue weighted by atomic mass is 10.1. The number of benzene rings is 1. The number of nitrogens with zero attached hydrogens (tertiary/aromatic N) is 1. The van der Waals surface area contributed by atoms with Crippen molar-refractivity contribution in [2.75, 3.05) is 11.9 Å². The van der Waals surface area contributed by atoms with Gasteiger partial charge in [-0.1, -0.05) is 18.2 Å². The van der Waals surface area contributed by atoms with E-state index in [1.807, 2.05) is 25.1 Å². The summed E-state index contributed by atoms with van der Waals surface area (Å²) in [5, 5.41) is 4.56. The van der Waals surface area contributed by atoms with Crippen molar-refractivity contribution in [3.05, 3.63) is 36.0 Å². The van der Waals surface area contributed by atoms with Crippen molar-refractivity contribution >= 4 is 16.6 Å². The van der Waals surface area contributed by atoms with Crippen molar-refractivity contribution in [1.82, 2.24) is 4.98 Å². The molecule has 1 unspecified atom stereocenters. The number of fused-ring (bicyclic) bond motifs is 1. The zero-order valence-corrected chi connectivity index (χ0v) is 9.70. The molecule has 3 nitrogen and oxygen atoms in total. The van der Waals surface area contributed by atoms with Gasteiger partial charge in [0, 0.05) is 29.4 Å². The third kappa shape index (κ3) is 2.14. The first kappa shape index (κ1) is 10.9. The van der Waals surface area contributed by atoms with Gasteiger partial charge in [0.05, 0.1) is 5.52 Å². The Morgan fingerprint density at radius 2 is 2.12 bits per heavy atom. The van der Waals surface area contributed by atoms with Gasteiger partial charge < -0.3 is 11.1 Å². The molecule has 0 aliphatic rings. The van der Waals surface area contributed by atoms with Gasteiger partial charge in [0.1, 0.15) is 0 Å². The van der Waals surface area contributed by atoms with Crippen LogP contribution in [0.1, 0.15) is 12.6 Å². The number of hydrogen-bond acceptors (Lipinski definition) is 3. The maximum absolute atomic E-state index is 5.62. The van der Waals surface area contributed by atoms with Gasteiger partial charge in [-0.15, -0.1) is 0 Å². The molecule has 3 N–H and O–H groups in total. The van der Waals surface area contributed by atoms with E-state index in [0.29, 0.717) is 6.54 Å². The fourth-order valence-electron chi connectivity index (χ4n) is 1.75.